The largest absolute Gasteiger partial charge is 0.312 e. The lowest BCUT2D eigenvalue weighted by molar-refractivity contribution is 0.811. The molecule has 0 heterocycles. The molecule has 4 heteroatoms. The van der Waals surface area contributed by atoms with Crippen molar-refractivity contribution in [2.75, 3.05) is 0 Å². The highest BCUT2D eigenvalue weighted by Gasteiger charge is 2.01. The Labute approximate surface area is 95.3 Å². The summed E-state index contributed by atoms with van der Waals surface area (Å²) in [6, 6.07) is 7.91. The van der Waals surface area contributed by atoms with E-state index in [0.29, 0.717) is 6.42 Å². The zero-order valence-corrected chi connectivity index (χ0v) is 9.75. The minimum atomic E-state index is 0.232. The van der Waals surface area contributed by atoms with Crippen LogP contribution in [0.5, 0.6) is 0 Å². The van der Waals surface area contributed by atoms with Crippen LogP contribution >= 0.6 is 11.6 Å². The van der Waals surface area contributed by atoms with Gasteiger partial charge in [-0.05, 0) is 31.5 Å². The van der Waals surface area contributed by atoms with Crippen molar-refractivity contribution in [3.05, 3.63) is 34.9 Å². The summed E-state index contributed by atoms with van der Waals surface area (Å²) in [6.45, 7) is 4.02. The van der Waals surface area contributed by atoms with Crippen LogP contribution in [0.25, 0.3) is 0 Å². The van der Waals surface area contributed by atoms with E-state index in [2.05, 4.69) is 10.4 Å². The number of benzene rings is 1. The van der Waals surface area contributed by atoms with Crippen LogP contribution in [0, 0.1) is 0 Å². The van der Waals surface area contributed by atoms with Gasteiger partial charge in [0.1, 0.15) is 5.84 Å². The van der Waals surface area contributed by atoms with E-state index in [-0.39, 0.29) is 6.04 Å². The van der Waals surface area contributed by atoms with E-state index in [1.165, 1.54) is 0 Å². The summed E-state index contributed by atoms with van der Waals surface area (Å²) < 4.78 is 0. The highest BCUT2D eigenvalue weighted by Crippen LogP contribution is 2.11. The molecule has 0 aliphatic carbocycles. The SMILES string of the molecule is CC(C)N=C(Cc1cccc(Cl)c1)NN. The van der Waals surface area contributed by atoms with Gasteiger partial charge in [0.25, 0.3) is 0 Å². The molecule has 0 spiro atoms. The van der Waals surface area contributed by atoms with Gasteiger partial charge in [-0.1, -0.05) is 23.7 Å². The fraction of sp³-hybridized carbons (Fsp3) is 0.364. The van der Waals surface area contributed by atoms with Crippen molar-refractivity contribution in [1.29, 1.82) is 0 Å². The number of aliphatic imine (C=N–C) groups is 1. The lowest BCUT2D eigenvalue weighted by Crippen LogP contribution is -2.32. The Kier molecular flexibility index (Phi) is 4.59. The molecule has 0 saturated carbocycles. The van der Waals surface area contributed by atoms with Crippen LogP contribution in [0.15, 0.2) is 29.3 Å². The van der Waals surface area contributed by atoms with Gasteiger partial charge in [0.05, 0.1) is 0 Å². The third-order valence-electron chi connectivity index (χ3n) is 1.84. The van der Waals surface area contributed by atoms with Gasteiger partial charge in [-0.3, -0.25) is 4.99 Å². The molecule has 0 aliphatic heterocycles. The minimum absolute atomic E-state index is 0.232. The molecule has 0 aromatic heterocycles. The van der Waals surface area contributed by atoms with Crippen molar-refractivity contribution in [2.45, 2.75) is 26.3 Å². The molecule has 0 aliphatic rings. The lowest BCUT2D eigenvalue weighted by Gasteiger charge is -2.07. The molecular weight excluding hydrogens is 210 g/mol. The quantitative estimate of drug-likeness (QED) is 0.359. The number of hydrazine groups is 1. The van der Waals surface area contributed by atoms with Gasteiger partial charge in [0.2, 0.25) is 0 Å². The molecule has 1 aromatic carbocycles. The summed E-state index contributed by atoms with van der Waals surface area (Å²) >= 11 is 5.89. The van der Waals surface area contributed by atoms with Crippen LogP contribution in [0.4, 0.5) is 0 Å². The normalized spacial score (nSPS) is 11.9. The molecular formula is C11H16ClN3. The van der Waals surface area contributed by atoms with Crippen LogP contribution in [0.2, 0.25) is 5.02 Å². The molecule has 0 amide bonds. The number of nitrogens with two attached hydrogens (primary N) is 1. The Bertz CT molecular complexity index is 347. The lowest BCUT2D eigenvalue weighted by atomic mass is 10.1. The fourth-order valence-electron chi connectivity index (χ4n) is 1.29. The van der Waals surface area contributed by atoms with E-state index in [1.54, 1.807) is 0 Å². The molecule has 0 fully saturated rings. The number of hydrogen-bond donors (Lipinski definition) is 2. The average molecular weight is 226 g/mol. The van der Waals surface area contributed by atoms with Crippen molar-refractivity contribution in [1.82, 2.24) is 5.43 Å². The van der Waals surface area contributed by atoms with E-state index in [0.717, 1.165) is 16.4 Å². The van der Waals surface area contributed by atoms with Gasteiger partial charge in [-0.25, -0.2) is 5.84 Å². The first kappa shape index (κ1) is 12.0. The summed E-state index contributed by atoms with van der Waals surface area (Å²) in [5.74, 6) is 6.16. The third-order valence-corrected chi connectivity index (χ3v) is 2.08. The molecule has 0 bridgehead atoms. The van der Waals surface area contributed by atoms with Crippen molar-refractivity contribution in [3.63, 3.8) is 0 Å². The highest BCUT2D eigenvalue weighted by atomic mass is 35.5. The van der Waals surface area contributed by atoms with Gasteiger partial charge in [-0.15, -0.1) is 0 Å². The van der Waals surface area contributed by atoms with Crippen molar-refractivity contribution < 1.29 is 0 Å². The Morgan fingerprint density at radius 1 is 1.53 bits per heavy atom. The summed E-state index contributed by atoms with van der Waals surface area (Å²) in [5, 5.41) is 0.730. The second-order valence-corrected chi connectivity index (χ2v) is 4.06. The Balaban J connectivity index is 2.75. The van der Waals surface area contributed by atoms with Crippen molar-refractivity contribution in [3.8, 4) is 0 Å². The number of amidine groups is 1. The van der Waals surface area contributed by atoms with Gasteiger partial charge >= 0.3 is 0 Å². The van der Waals surface area contributed by atoms with Crippen LogP contribution in [0.1, 0.15) is 19.4 Å². The summed E-state index contributed by atoms with van der Waals surface area (Å²) in [5.41, 5.74) is 3.71. The second kappa shape index (κ2) is 5.73. The Morgan fingerprint density at radius 2 is 2.27 bits per heavy atom. The maximum absolute atomic E-state index is 5.89. The molecule has 0 unspecified atom stereocenters. The van der Waals surface area contributed by atoms with E-state index < -0.39 is 0 Å². The van der Waals surface area contributed by atoms with Crippen LogP contribution in [0.3, 0.4) is 0 Å². The summed E-state index contributed by atoms with van der Waals surface area (Å²) in [6.07, 6.45) is 0.676. The molecule has 3 nitrogen and oxygen atoms in total. The number of nitrogens with one attached hydrogen (secondary N) is 1. The minimum Gasteiger partial charge on any atom is -0.312 e. The molecule has 3 N–H and O–H groups in total. The third kappa shape index (κ3) is 4.32. The van der Waals surface area contributed by atoms with Gasteiger partial charge in [-0.2, -0.15) is 0 Å². The Hall–Kier alpha value is -1.06. The summed E-state index contributed by atoms with van der Waals surface area (Å²) in [4.78, 5) is 4.36. The average Bonchev–Trinajstić information content (AvgIpc) is 2.16. The van der Waals surface area contributed by atoms with E-state index in [9.17, 15) is 0 Å². The fourth-order valence-corrected chi connectivity index (χ4v) is 1.50. The first-order chi connectivity index (χ1) is 7.11. The molecule has 0 radical (unpaired) electrons. The van der Waals surface area contributed by atoms with Gasteiger partial charge in [0, 0.05) is 17.5 Å². The van der Waals surface area contributed by atoms with Gasteiger partial charge < -0.3 is 5.43 Å². The maximum atomic E-state index is 5.89. The summed E-state index contributed by atoms with van der Waals surface area (Å²) in [7, 11) is 0. The zero-order chi connectivity index (χ0) is 11.3. The van der Waals surface area contributed by atoms with Crippen LogP contribution in [-0.4, -0.2) is 11.9 Å². The monoisotopic (exact) mass is 225 g/mol. The molecule has 1 rings (SSSR count). The highest BCUT2D eigenvalue weighted by molar-refractivity contribution is 6.30. The predicted molar refractivity (Wildman–Crippen MR) is 65.1 cm³/mol. The van der Waals surface area contributed by atoms with E-state index >= 15 is 0 Å². The van der Waals surface area contributed by atoms with Crippen LogP contribution < -0.4 is 11.3 Å². The number of nitrogens with zero attached hydrogens (tertiary/aromatic N) is 1. The molecule has 1 aromatic rings. The first-order valence-corrected chi connectivity index (χ1v) is 5.27. The topological polar surface area (TPSA) is 50.4 Å². The number of halogens is 1. The molecule has 82 valence electrons. The second-order valence-electron chi connectivity index (χ2n) is 3.62. The maximum Gasteiger partial charge on any atom is 0.115 e. The van der Waals surface area contributed by atoms with E-state index in [4.69, 9.17) is 17.4 Å². The van der Waals surface area contributed by atoms with Gasteiger partial charge in [0.15, 0.2) is 0 Å². The predicted octanol–water partition coefficient (Wildman–Crippen LogP) is 2.15. The smallest absolute Gasteiger partial charge is 0.115 e. The van der Waals surface area contributed by atoms with Crippen LogP contribution in [-0.2, 0) is 6.42 Å². The number of hydrogen-bond acceptors (Lipinski definition) is 2. The molecule has 0 atom stereocenters. The standard InChI is InChI=1S/C11H16ClN3/c1-8(2)14-11(15-13)7-9-4-3-5-10(12)6-9/h3-6,8H,7,13H2,1-2H3,(H,14,15). The van der Waals surface area contributed by atoms with E-state index in [1.807, 2.05) is 38.1 Å². The van der Waals surface area contributed by atoms with Crippen molar-refractivity contribution in [2.24, 2.45) is 10.8 Å². The first-order valence-electron chi connectivity index (χ1n) is 4.89. The molecule has 15 heavy (non-hydrogen) atoms. The Morgan fingerprint density at radius 3 is 2.80 bits per heavy atom. The zero-order valence-electron chi connectivity index (χ0n) is 9.00. The molecule has 0 saturated heterocycles. The van der Waals surface area contributed by atoms with Crippen molar-refractivity contribution >= 4 is 17.4 Å². The number of rotatable bonds is 3.